The molecule has 0 saturated carbocycles. The van der Waals surface area contributed by atoms with Gasteiger partial charge in [0, 0.05) is 45.3 Å². The van der Waals surface area contributed by atoms with Crippen LogP contribution in [0.15, 0.2) is 24.3 Å². The third-order valence-corrected chi connectivity index (χ3v) is 4.23. The molecule has 1 aromatic rings. The minimum atomic E-state index is -4.41. The van der Waals surface area contributed by atoms with Crippen LogP contribution in [-0.2, 0) is 20.5 Å². The summed E-state index contributed by atoms with van der Waals surface area (Å²) in [6, 6.07) is 4.74. The molecule has 1 saturated heterocycles. The van der Waals surface area contributed by atoms with Crippen molar-refractivity contribution in [2.24, 2.45) is 0 Å². The number of nitrogens with zero attached hydrogens (tertiary/aromatic N) is 2. The largest absolute Gasteiger partial charge is 0.416 e. The number of hydrogen-bond acceptors (Lipinski definition) is 4. The summed E-state index contributed by atoms with van der Waals surface area (Å²) in [5.41, 5.74) is -0.279. The third-order valence-electron chi connectivity index (χ3n) is 4.23. The van der Waals surface area contributed by atoms with Gasteiger partial charge in [-0.25, -0.2) is 0 Å². The van der Waals surface area contributed by atoms with Crippen LogP contribution in [-0.4, -0.2) is 56.5 Å². The monoisotopic (exact) mass is 358 g/mol. The van der Waals surface area contributed by atoms with Crippen LogP contribution in [0.2, 0.25) is 0 Å². The maximum absolute atomic E-state index is 12.9. The lowest BCUT2D eigenvalue weighted by molar-refractivity contribution is -0.137. The molecule has 0 N–H and O–H groups in total. The van der Waals surface area contributed by atoms with Gasteiger partial charge in [0.25, 0.3) is 0 Å². The summed E-state index contributed by atoms with van der Waals surface area (Å²) in [4.78, 5) is 26.5. The first-order chi connectivity index (χ1) is 11.9. The molecule has 0 unspecified atom stereocenters. The first-order valence-corrected chi connectivity index (χ1v) is 8.01. The Morgan fingerprint density at radius 2 is 2.04 bits per heavy atom. The summed E-state index contributed by atoms with van der Waals surface area (Å²) < 4.78 is 43.7. The van der Waals surface area contributed by atoms with Gasteiger partial charge >= 0.3 is 6.18 Å². The Morgan fingerprint density at radius 1 is 1.28 bits per heavy atom. The van der Waals surface area contributed by atoms with E-state index in [9.17, 15) is 22.8 Å². The zero-order valence-corrected chi connectivity index (χ0v) is 14.0. The number of anilines is 1. The summed E-state index contributed by atoms with van der Waals surface area (Å²) in [5.74, 6) is -0.127. The first kappa shape index (κ1) is 19.2. The molecular weight excluding hydrogens is 337 g/mol. The van der Waals surface area contributed by atoms with Crippen molar-refractivity contribution in [2.45, 2.75) is 25.1 Å². The number of benzene rings is 1. The average molecular weight is 358 g/mol. The SMILES string of the molecule is COC[C@H](CC=O)N1CCN(c2cccc(C(F)(F)F)c2)CCC1=O. The fraction of sp³-hybridized carbons (Fsp3) is 0.529. The van der Waals surface area contributed by atoms with Crippen molar-refractivity contribution in [1.29, 1.82) is 0 Å². The van der Waals surface area contributed by atoms with Gasteiger partial charge in [-0.2, -0.15) is 13.2 Å². The average Bonchev–Trinajstić information content (AvgIpc) is 2.76. The maximum atomic E-state index is 12.9. The number of ether oxygens (including phenoxy) is 1. The van der Waals surface area contributed by atoms with Gasteiger partial charge in [-0.3, -0.25) is 4.79 Å². The van der Waals surface area contributed by atoms with Crippen LogP contribution < -0.4 is 4.90 Å². The number of halogens is 3. The number of methoxy groups -OCH3 is 1. The van der Waals surface area contributed by atoms with E-state index in [0.29, 0.717) is 25.3 Å². The fourth-order valence-corrected chi connectivity index (χ4v) is 2.95. The highest BCUT2D eigenvalue weighted by Gasteiger charge is 2.32. The highest BCUT2D eigenvalue weighted by atomic mass is 19.4. The quantitative estimate of drug-likeness (QED) is 0.733. The number of carbonyl (C=O) groups is 2. The number of aldehydes is 1. The molecule has 5 nitrogen and oxygen atoms in total. The predicted molar refractivity (Wildman–Crippen MR) is 86.3 cm³/mol. The third kappa shape index (κ3) is 4.94. The minimum Gasteiger partial charge on any atom is -0.383 e. The molecule has 1 aliphatic rings. The molecule has 1 fully saturated rings. The molecule has 0 aromatic heterocycles. The van der Waals surface area contributed by atoms with Crippen LogP contribution in [0.1, 0.15) is 18.4 Å². The highest BCUT2D eigenvalue weighted by Crippen LogP contribution is 2.32. The lowest BCUT2D eigenvalue weighted by atomic mass is 10.1. The van der Waals surface area contributed by atoms with Crippen molar-refractivity contribution < 1.29 is 27.5 Å². The summed E-state index contributed by atoms with van der Waals surface area (Å²) >= 11 is 0. The second-order valence-electron chi connectivity index (χ2n) is 5.88. The van der Waals surface area contributed by atoms with E-state index in [2.05, 4.69) is 0 Å². The maximum Gasteiger partial charge on any atom is 0.416 e. The summed E-state index contributed by atoms with van der Waals surface area (Å²) in [6.07, 6.45) is -3.32. The molecule has 1 heterocycles. The lowest BCUT2D eigenvalue weighted by Gasteiger charge is -2.29. The molecule has 8 heteroatoms. The zero-order valence-electron chi connectivity index (χ0n) is 14.0. The van der Waals surface area contributed by atoms with Gasteiger partial charge in [-0.15, -0.1) is 0 Å². The van der Waals surface area contributed by atoms with Gasteiger partial charge in [0.2, 0.25) is 5.91 Å². The minimum absolute atomic E-state index is 0.127. The van der Waals surface area contributed by atoms with Crippen LogP contribution in [0.25, 0.3) is 0 Å². The molecule has 138 valence electrons. The molecule has 2 rings (SSSR count). The van der Waals surface area contributed by atoms with Crippen LogP contribution >= 0.6 is 0 Å². The van der Waals surface area contributed by atoms with Crippen molar-refractivity contribution in [1.82, 2.24) is 4.90 Å². The molecule has 0 bridgehead atoms. The van der Waals surface area contributed by atoms with Crippen LogP contribution in [0, 0.1) is 0 Å². The van der Waals surface area contributed by atoms with E-state index >= 15 is 0 Å². The van der Waals surface area contributed by atoms with Gasteiger partial charge in [0.1, 0.15) is 6.29 Å². The number of alkyl halides is 3. The summed E-state index contributed by atoms with van der Waals surface area (Å²) in [5, 5.41) is 0. The topological polar surface area (TPSA) is 49.9 Å². The molecule has 1 aliphatic heterocycles. The van der Waals surface area contributed by atoms with Crippen molar-refractivity contribution in [3.63, 3.8) is 0 Å². The standard InChI is InChI=1S/C17H21F3N2O3/c1-25-12-15(6-10-23)22-9-8-21(7-5-16(22)24)14-4-2-3-13(11-14)17(18,19)20/h2-4,10-11,15H,5-9,12H2,1H3/t15-/m0/s1. The smallest absolute Gasteiger partial charge is 0.383 e. The van der Waals surface area contributed by atoms with Gasteiger partial charge in [0.15, 0.2) is 0 Å². The molecule has 0 aliphatic carbocycles. The Kier molecular flexibility index (Phi) is 6.41. The molecule has 0 radical (unpaired) electrons. The van der Waals surface area contributed by atoms with E-state index in [-0.39, 0.29) is 31.4 Å². The highest BCUT2D eigenvalue weighted by molar-refractivity contribution is 5.78. The van der Waals surface area contributed by atoms with Gasteiger partial charge < -0.3 is 19.3 Å². The van der Waals surface area contributed by atoms with Gasteiger partial charge in [-0.05, 0) is 18.2 Å². The Labute approximate surface area is 144 Å². The van der Waals surface area contributed by atoms with Crippen LogP contribution in [0.5, 0.6) is 0 Å². The summed E-state index contributed by atoms with van der Waals surface area (Å²) in [6.45, 7) is 1.30. The Morgan fingerprint density at radius 3 is 2.68 bits per heavy atom. The lowest BCUT2D eigenvalue weighted by Crippen LogP contribution is -2.44. The Bertz CT molecular complexity index is 607. The second-order valence-corrected chi connectivity index (χ2v) is 5.88. The van der Waals surface area contributed by atoms with E-state index in [0.717, 1.165) is 18.4 Å². The van der Waals surface area contributed by atoms with Crippen molar-refractivity contribution in [2.75, 3.05) is 38.3 Å². The van der Waals surface area contributed by atoms with Gasteiger partial charge in [-0.1, -0.05) is 6.07 Å². The normalized spacial score (nSPS) is 17.4. The number of hydrogen-bond donors (Lipinski definition) is 0. The van der Waals surface area contributed by atoms with Crippen molar-refractivity contribution in [3.8, 4) is 0 Å². The molecule has 1 atom stereocenters. The number of rotatable bonds is 6. The van der Waals surface area contributed by atoms with Crippen LogP contribution in [0.4, 0.5) is 18.9 Å². The summed E-state index contributed by atoms with van der Waals surface area (Å²) in [7, 11) is 1.50. The predicted octanol–water partition coefficient (Wildman–Crippen LogP) is 2.35. The van der Waals surface area contributed by atoms with E-state index in [1.807, 2.05) is 0 Å². The molecule has 1 amide bonds. The van der Waals surface area contributed by atoms with E-state index < -0.39 is 11.7 Å². The Hall–Kier alpha value is -2.09. The van der Waals surface area contributed by atoms with E-state index in [4.69, 9.17) is 4.74 Å². The van der Waals surface area contributed by atoms with Crippen LogP contribution in [0.3, 0.4) is 0 Å². The van der Waals surface area contributed by atoms with Crippen molar-refractivity contribution >= 4 is 17.9 Å². The molecule has 0 spiro atoms. The fourth-order valence-electron chi connectivity index (χ4n) is 2.95. The Balaban J connectivity index is 2.15. The first-order valence-electron chi connectivity index (χ1n) is 8.01. The number of amides is 1. The van der Waals surface area contributed by atoms with Crippen molar-refractivity contribution in [3.05, 3.63) is 29.8 Å². The molecule has 1 aromatic carbocycles. The number of carbonyl (C=O) groups excluding carboxylic acids is 2. The molecular formula is C17H21F3N2O3. The van der Waals surface area contributed by atoms with E-state index in [1.54, 1.807) is 15.9 Å². The van der Waals surface area contributed by atoms with Gasteiger partial charge in [0.05, 0.1) is 18.2 Å². The second kappa shape index (κ2) is 8.33. The zero-order chi connectivity index (χ0) is 18.4. The van der Waals surface area contributed by atoms with E-state index in [1.165, 1.54) is 13.2 Å². The molecule has 25 heavy (non-hydrogen) atoms.